The molecule has 0 unspecified atom stereocenters. The fourth-order valence-electron chi connectivity index (χ4n) is 3.96. The van der Waals surface area contributed by atoms with E-state index in [0.29, 0.717) is 6.54 Å². The molecule has 204 valence electrons. The summed E-state index contributed by atoms with van der Waals surface area (Å²) in [6.45, 7) is 4.15. The number of nitrogens with one attached hydrogen (secondary N) is 3. The van der Waals surface area contributed by atoms with E-state index in [1.165, 1.54) is 36.8 Å². The summed E-state index contributed by atoms with van der Waals surface area (Å²) in [4.78, 5) is 13.1. The zero-order chi connectivity index (χ0) is 27.7. The Labute approximate surface area is 222 Å². The van der Waals surface area contributed by atoms with Crippen LogP contribution in [0.15, 0.2) is 66.7 Å². The van der Waals surface area contributed by atoms with Gasteiger partial charge >= 0.3 is 0 Å². The molecular weight excluding hydrogens is 512 g/mol. The topological polar surface area (TPSA) is 108 Å². The van der Waals surface area contributed by atoms with Crippen LogP contribution in [0.4, 0.5) is 14.5 Å². The number of carbonyl (C=O) groups excluding carboxylic acids is 1. The number of carbonyl (C=O) groups is 1. The zero-order valence-corrected chi connectivity index (χ0v) is 22.2. The quantitative estimate of drug-likeness (QED) is 0.262. The van der Waals surface area contributed by atoms with E-state index in [4.69, 9.17) is 0 Å². The molecule has 0 bridgehead atoms. The van der Waals surface area contributed by atoms with E-state index < -0.39 is 39.7 Å². The second-order valence-electron chi connectivity index (χ2n) is 9.02. The molecule has 0 radical (unpaired) electrons. The SMILES string of the molecule is CCc1cccc(CNC[C@H](O)[C@H](Cc2cc(F)cc(F)c2)NC(=O)c2cccc(NS(=O)(=O)CC)c2)c1. The van der Waals surface area contributed by atoms with Crippen LogP contribution in [0, 0.1) is 11.6 Å². The van der Waals surface area contributed by atoms with E-state index in [0.717, 1.165) is 30.2 Å². The summed E-state index contributed by atoms with van der Waals surface area (Å²) in [5.41, 5.74) is 2.88. The maximum atomic E-state index is 13.8. The van der Waals surface area contributed by atoms with Gasteiger partial charge in [-0.15, -0.1) is 0 Å². The molecule has 2 atom stereocenters. The van der Waals surface area contributed by atoms with Crippen molar-refractivity contribution in [3.05, 3.63) is 101 Å². The van der Waals surface area contributed by atoms with Crippen LogP contribution in [-0.4, -0.2) is 43.9 Å². The van der Waals surface area contributed by atoms with E-state index in [1.54, 1.807) is 0 Å². The highest BCUT2D eigenvalue weighted by molar-refractivity contribution is 7.92. The van der Waals surface area contributed by atoms with Crippen molar-refractivity contribution in [1.82, 2.24) is 10.6 Å². The van der Waals surface area contributed by atoms with Gasteiger partial charge in [-0.2, -0.15) is 0 Å². The van der Waals surface area contributed by atoms with Gasteiger partial charge in [0.2, 0.25) is 10.0 Å². The van der Waals surface area contributed by atoms with Gasteiger partial charge < -0.3 is 15.7 Å². The van der Waals surface area contributed by atoms with Crippen molar-refractivity contribution in [3.8, 4) is 0 Å². The Morgan fingerprint density at radius 2 is 1.61 bits per heavy atom. The molecule has 0 saturated heterocycles. The van der Waals surface area contributed by atoms with Gasteiger partial charge in [-0.05, 0) is 66.8 Å². The first-order chi connectivity index (χ1) is 18.1. The fraction of sp³-hybridized carbons (Fsp3) is 0.321. The summed E-state index contributed by atoms with van der Waals surface area (Å²) >= 11 is 0. The summed E-state index contributed by atoms with van der Waals surface area (Å²) in [6, 6.07) is 16.1. The fourth-order valence-corrected chi connectivity index (χ4v) is 4.59. The molecular formula is C28H33F2N3O4S. The standard InChI is InChI=1S/C28H33F2N3O4S/c1-3-19-7-5-8-20(11-19)17-31-18-27(34)26(14-21-12-23(29)16-24(30)13-21)32-28(35)22-9-6-10-25(15-22)33-38(36,37)4-2/h5-13,15-16,26-27,31,33-34H,3-4,14,17-18H2,1-2H3,(H,32,35)/t26-,27-/m0/s1. The van der Waals surface area contributed by atoms with Crippen LogP contribution in [-0.2, 0) is 29.4 Å². The van der Waals surface area contributed by atoms with Crippen molar-refractivity contribution in [2.75, 3.05) is 17.0 Å². The lowest BCUT2D eigenvalue weighted by Crippen LogP contribution is -2.48. The van der Waals surface area contributed by atoms with Crippen LogP contribution in [0.3, 0.4) is 0 Å². The number of rotatable bonds is 13. The minimum absolute atomic E-state index is 0.0310. The smallest absolute Gasteiger partial charge is 0.251 e. The average Bonchev–Trinajstić information content (AvgIpc) is 2.87. The van der Waals surface area contributed by atoms with Crippen LogP contribution < -0.4 is 15.4 Å². The van der Waals surface area contributed by atoms with Crippen LogP contribution >= 0.6 is 0 Å². The van der Waals surface area contributed by atoms with E-state index in [1.807, 2.05) is 18.2 Å². The number of aliphatic hydroxyl groups excluding tert-OH is 1. The second-order valence-corrected chi connectivity index (χ2v) is 11.0. The highest BCUT2D eigenvalue weighted by Gasteiger charge is 2.23. The Morgan fingerprint density at radius 1 is 0.921 bits per heavy atom. The molecule has 38 heavy (non-hydrogen) atoms. The van der Waals surface area contributed by atoms with Crippen molar-refractivity contribution >= 4 is 21.6 Å². The molecule has 0 fully saturated rings. The number of amides is 1. The monoisotopic (exact) mass is 545 g/mol. The summed E-state index contributed by atoms with van der Waals surface area (Å²) in [7, 11) is -3.54. The first-order valence-electron chi connectivity index (χ1n) is 12.4. The Bertz CT molecular complexity index is 1330. The summed E-state index contributed by atoms with van der Waals surface area (Å²) < 4.78 is 53.8. The number of sulfonamides is 1. The van der Waals surface area contributed by atoms with E-state index in [2.05, 4.69) is 28.3 Å². The maximum absolute atomic E-state index is 13.8. The number of hydrogen-bond donors (Lipinski definition) is 4. The molecule has 0 aliphatic heterocycles. The molecule has 0 saturated carbocycles. The Kier molecular flexibility index (Phi) is 10.3. The van der Waals surface area contributed by atoms with Crippen molar-refractivity contribution in [2.24, 2.45) is 0 Å². The molecule has 7 nitrogen and oxygen atoms in total. The minimum atomic E-state index is -3.54. The van der Waals surface area contributed by atoms with Gasteiger partial charge in [-0.1, -0.05) is 37.3 Å². The number of aryl methyl sites for hydroxylation is 1. The highest BCUT2D eigenvalue weighted by Crippen LogP contribution is 2.15. The average molecular weight is 546 g/mol. The number of benzene rings is 3. The van der Waals surface area contributed by atoms with E-state index in [-0.39, 0.29) is 35.5 Å². The maximum Gasteiger partial charge on any atom is 0.251 e. The lowest BCUT2D eigenvalue weighted by Gasteiger charge is -2.25. The number of aliphatic hydroxyl groups is 1. The number of halogens is 2. The zero-order valence-electron chi connectivity index (χ0n) is 21.4. The number of hydrogen-bond acceptors (Lipinski definition) is 5. The summed E-state index contributed by atoms with van der Waals surface area (Å²) in [5.74, 6) is -2.22. The lowest BCUT2D eigenvalue weighted by atomic mass is 10.00. The molecule has 3 aromatic carbocycles. The van der Waals surface area contributed by atoms with E-state index >= 15 is 0 Å². The van der Waals surface area contributed by atoms with Crippen LogP contribution in [0.5, 0.6) is 0 Å². The molecule has 1 amide bonds. The lowest BCUT2D eigenvalue weighted by molar-refractivity contribution is 0.0830. The van der Waals surface area contributed by atoms with Gasteiger partial charge in [0.25, 0.3) is 5.91 Å². The van der Waals surface area contributed by atoms with Crippen molar-refractivity contribution < 1.29 is 27.1 Å². The Balaban J connectivity index is 1.75. The van der Waals surface area contributed by atoms with Crippen molar-refractivity contribution in [1.29, 1.82) is 0 Å². The van der Waals surface area contributed by atoms with Gasteiger partial charge in [0.1, 0.15) is 11.6 Å². The summed E-state index contributed by atoms with van der Waals surface area (Å²) in [5, 5.41) is 16.9. The number of anilines is 1. The molecule has 0 aromatic heterocycles. The highest BCUT2D eigenvalue weighted by atomic mass is 32.2. The Hall–Kier alpha value is -3.34. The van der Waals surface area contributed by atoms with Gasteiger partial charge in [-0.25, -0.2) is 17.2 Å². The van der Waals surface area contributed by atoms with E-state index in [9.17, 15) is 27.1 Å². The Morgan fingerprint density at radius 3 is 2.29 bits per heavy atom. The molecule has 3 rings (SSSR count). The minimum Gasteiger partial charge on any atom is -0.390 e. The third kappa shape index (κ3) is 8.90. The molecule has 3 aromatic rings. The summed E-state index contributed by atoms with van der Waals surface area (Å²) in [6.07, 6.45) is -0.228. The first kappa shape index (κ1) is 29.2. The second kappa shape index (κ2) is 13.5. The molecule has 4 N–H and O–H groups in total. The van der Waals surface area contributed by atoms with Crippen LogP contribution in [0.2, 0.25) is 0 Å². The molecule has 0 heterocycles. The van der Waals surface area contributed by atoms with Crippen molar-refractivity contribution in [2.45, 2.75) is 45.4 Å². The van der Waals surface area contributed by atoms with Crippen LogP contribution in [0.25, 0.3) is 0 Å². The third-order valence-corrected chi connectivity index (χ3v) is 7.33. The van der Waals surface area contributed by atoms with Gasteiger partial charge in [0.05, 0.1) is 17.9 Å². The third-order valence-electron chi connectivity index (χ3n) is 6.02. The van der Waals surface area contributed by atoms with Gasteiger partial charge in [0, 0.05) is 30.4 Å². The van der Waals surface area contributed by atoms with Gasteiger partial charge in [-0.3, -0.25) is 9.52 Å². The molecule has 0 spiro atoms. The normalized spacial score (nSPS) is 13.1. The van der Waals surface area contributed by atoms with Crippen LogP contribution in [0.1, 0.15) is 40.9 Å². The molecule has 10 heteroatoms. The molecule has 0 aliphatic rings. The largest absolute Gasteiger partial charge is 0.390 e. The predicted molar refractivity (Wildman–Crippen MR) is 144 cm³/mol. The predicted octanol–water partition coefficient (Wildman–Crippen LogP) is 3.78. The molecule has 0 aliphatic carbocycles. The first-order valence-corrected chi connectivity index (χ1v) is 14.1. The van der Waals surface area contributed by atoms with Crippen molar-refractivity contribution in [3.63, 3.8) is 0 Å². The van der Waals surface area contributed by atoms with Gasteiger partial charge in [0.15, 0.2) is 0 Å².